The van der Waals surface area contributed by atoms with Crippen LogP contribution in [0, 0.1) is 5.92 Å². The molecule has 0 aromatic heterocycles. The number of hydrogen-bond acceptors (Lipinski definition) is 3. The average Bonchev–Trinajstić information content (AvgIpc) is 2.44. The number of carbonyl (C=O) groups is 1. The number of rotatable bonds is 1. The first-order chi connectivity index (χ1) is 10.9. The van der Waals surface area contributed by atoms with Gasteiger partial charge in [-0.15, -0.1) is 0 Å². The van der Waals surface area contributed by atoms with Gasteiger partial charge in [0.2, 0.25) is 0 Å². The van der Waals surface area contributed by atoms with Gasteiger partial charge in [-0.05, 0) is 57.6 Å². The van der Waals surface area contributed by atoms with Crippen molar-refractivity contribution < 1.29 is 14.3 Å². The van der Waals surface area contributed by atoms with Crippen LogP contribution in [0.25, 0.3) is 0 Å². The van der Waals surface area contributed by atoms with Crippen LogP contribution in [-0.4, -0.2) is 36.0 Å². The fourth-order valence-corrected chi connectivity index (χ4v) is 3.89. The van der Waals surface area contributed by atoms with Crippen LogP contribution < -0.4 is 0 Å². The second-order valence-electron chi connectivity index (χ2n) is 7.68. The molecule has 3 atom stereocenters. The summed E-state index contributed by atoms with van der Waals surface area (Å²) < 4.78 is 11.4. The minimum atomic E-state index is -0.491. The largest absolute Gasteiger partial charge is 0.444 e. The highest BCUT2D eigenvalue weighted by Crippen LogP contribution is 2.37. The van der Waals surface area contributed by atoms with Crippen LogP contribution in [0.4, 0.5) is 4.79 Å². The van der Waals surface area contributed by atoms with Gasteiger partial charge < -0.3 is 9.47 Å². The van der Waals surface area contributed by atoms with Gasteiger partial charge in [-0.2, -0.15) is 0 Å². The molecule has 126 valence electrons. The summed E-state index contributed by atoms with van der Waals surface area (Å²) in [6.07, 6.45) is 3.49. The van der Waals surface area contributed by atoms with Gasteiger partial charge in [0, 0.05) is 19.1 Å². The van der Waals surface area contributed by atoms with E-state index < -0.39 is 5.60 Å². The van der Waals surface area contributed by atoms with E-state index in [1.54, 1.807) is 7.11 Å². The van der Waals surface area contributed by atoms with E-state index in [1.165, 1.54) is 11.1 Å². The predicted octanol–water partition coefficient (Wildman–Crippen LogP) is 3.77. The Balaban J connectivity index is 1.93. The zero-order chi connectivity index (χ0) is 16.6. The van der Waals surface area contributed by atoms with Gasteiger partial charge in [0.15, 0.2) is 0 Å². The molecular weight excluding hydrogens is 290 g/mol. The molecule has 2 aliphatic heterocycles. The highest BCUT2D eigenvalue weighted by Gasteiger charge is 2.43. The second-order valence-corrected chi connectivity index (χ2v) is 7.68. The van der Waals surface area contributed by atoms with Gasteiger partial charge in [-0.25, -0.2) is 4.79 Å². The molecule has 0 saturated carbocycles. The first kappa shape index (κ1) is 16.3. The summed E-state index contributed by atoms with van der Waals surface area (Å²) in [6, 6.07) is 8.72. The lowest BCUT2D eigenvalue weighted by Gasteiger charge is -2.47. The Kier molecular flexibility index (Phi) is 4.37. The van der Waals surface area contributed by atoms with Crippen LogP contribution in [0.15, 0.2) is 24.3 Å². The standard InChI is InChI=1S/C19H27NO3/c1-19(2,3)23-18(21)20-16-10-9-15(17(20)22-4)11-13-7-5-6-8-14(13)12-16/h5-8,15-17H,9-12H2,1-4H3. The van der Waals surface area contributed by atoms with Crippen LogP contribution in [0.1, 0.15) is 44.7 Å². The van der Waals surface area contributed by atoms with Crippen molar-refractivity contribution in [3.05, 3.63) is 35.4 Å². The van der Waals surface area contributed by atoms with E-state index >= 15 is 0 Å². The van der Waals surface area contributed by atoms with Gasteiger partial charge in [0.05, 0.1) is 0 Å². The summed E-state index contributed by atoms with van der Waals surface area (Å²) in [5, 5.41) is 0. The Hall–Kier alpha value is -1.55. The van der Waals surface area contributed by atoms with E-state index in [0.29, 0.717) is 5.92 Å². The number of nitrogens with zero attached hydrogens (tertiary/aromatic N) is 1. The molecule has 0 radical (unpaired) electrons. The van der Waals surface area contributed by atoms with Crippen LogP contribution in [0.5, 0.6) is 0 Å². The third-order valence-corrected chi connectivity index (χ3v) is 4.84. The van der Waals surface area contributed by atoms with Crippen molar-refractivity contribution >= 4 is 6.09 Å². The van der Waals surface area contributed by atoms with Crippen LogP contribution in [0.2, 0.25) is 0 Å². The molecule has 0 N–H and O–H groups in total. The smallest absolute Gasteiger partial charge is 0.412 e. The van der Waals surface area contributed by atoms with Gasteiger partial charge in [0.25, 0.3) is 0 Å². The van der Waals surface area contributed by atoms with E-state index in [1.807, 2.05) is 25.7 Å². The Labute approximate surface area is 138 Å². The minimum Gasteiger partial charge on any atom is -0.444 e. The highest BCUT2D eigenvalue weighted by molar-refractivity contribution is 5.69. The van der Waals surface area contributed by atoms with Crippen LogP contribution >= 0.6 is 0 Å². The third kappa shape index (κ3) is 3.37. The molecule has 2 heterocycles. The third-order valence-electron chi connectivity index (χ3n) is 4.84. The molecule has 4 rings (SSSR count). The van der Waals surface area contributed by atoms with Crippen molar-refractivity contribution in [2.75, 3.05) is 7.11 Å². The maximum Gasteiger partial charge on any atom is 0.412 e. The number of carbonyl (C=O) groups excluding carboxylic acids is 1. The van der Waals surface area contributed by atoms with Gasteiger partial charge in [0.1, 0.15) is 11.8 Å². The van der Waals surface area contributed by atoms with Crippen molar-refractivity contribution in [1.82, 2.24) is 4.90 Å². The van der Waals surface area contributed by atoms with Crippen molar-refractivity contribution in [3.8, 4) is 0 Å². The number of benzene rings is 1. The number of fused-ring (bicyclic) bond motifs is 2. The quantitative estimate of drug-likeness (QED) is 0.791. The van der Waals surface area contributed by atoms with E-state index in [4.69, 9.17) is 9.47 Å². The molecule has 1 aliphatic carbocycles. The van der Waals surface area contributed by atoms with E-state index in [2.05, 4.69) is 24.3 Å². The monoisotopic (exact) mass is 317 g/mol. The van der Waals surface area contributed by atoms with E-state index in [0.717, 1.165) is 25.7 Å². The zero-order valence-corrected chi connectivity index (χ0v) is 14.5. The van der Waals surface area contributed by atoms with Crippen LogP contribution in [0.3, 0.4) is 0 Å². The number of amides is 1. The first-order valence-corrected chi connectivity index (χ1v) is 8.50. The summed E-state index contributed by atoms with van der Waals surface area (Å²) in [5.74, 6) is 0.324. The Bertz CT molecular complexity index is 578. The Morgan fingerprint density at radius 3 is 2.39 bits per heavy atom. The highest BCUT2D eigenvalue weighted by atomic mass is 16.6. The van der Waals surface area contributed by atoms with Crippen LogP contribution in [-0.2, 0) is 22.3 Å². The maximum absolute atomic E-state index is 12.8. The molecule has 0 spiro atoms. The maximum atomic E-state index is 12.8. The summed E-state index contributed by atoms with van der Waals surface area (Å²) >= 11 is 0. The summed E-state index contributed by atoms with van der Waals surface area (Å²) in [4.78, 5) is 14.6. The van der Waals surface area contributed by atoms with Gasteiger partial charge in [-0.3, -0.25) is 4.90 Å². The van der Waals surface area contributed by atoms with E-state index in [9.17, 15) is 4.79 Å². The molecule has 4 heteroatoms. The molecule has 1 fully saturated rings. The molecule has 23 heavy (non-hydrogen) atoms. The molecule has 1 amide bonds. The van der Waals surface area contributed by atoms with Gasteiger partial charge in [-0.1, -0.05) is 24.3 Å². The lowest BCUT2D eigenvalue weighted by Crippen LogP contribution is -2.57. The molecule has 1 aromatic rings. The topological polar surface area (TPSA) is 38.8 Å². The van der Waals surface area contributed by atoms with Crippen molar-refractivity contribution in [2.24, 2.45) is 5.92 Å². The number of ether oxygens (including phenoxy) is 2. The minimum absolute atomic E-state index is 0.146. The predicted molar refractivity (Wildman–Crippen MR) is 89.2 cm³/mol. The normalized spacial score (nSPS) is 27.1. The fraction of sp³-hybridized carbons (Fsp3) is 0.632. The lowest BCUT2D eigenvalue weighted by atomic mass is 9.79. The molecular formula is C19H27NO3. The van der Waals surface area contributed by atoms with Crippen molar-refractivity contribution in [2.45, 2.75) is 64.3 Å². The molecule has 4 nitrogen and oxygen atoms in total. The molecule has 3 aliphatic rings. The second kappa shape index (κ2) is 6.16. The van der Waals surface area contributed by atoms with Gasteiger partial charge >= 0.3 is 6.09 Å². The van der Waals surface area contributed by atoms with Crippen molar-refractivity contribution in [3.63, 3.8) is 0 Å². The first-order valence-electron chi connectivity index (χ1n) is 8.50. The zero-order valence-electron chi connectivity index (χ0n) is 14.5. The summed E-state index contributed by atoms with van der Waals surface area (Å²) in [7, 11) is 1.70. The van der Waals surface area contributed by atoms with E-state index in [-0.39, 0.29) is 18.4 Å². The Morgan fingerprint density at radius 1 is 1.13 bits per heavy atom. The number of hydrogen-bond donors (Lipinski definition) is 0. The Morgan fingerprint density at radius 2 is 1.78 bits per heavy atom. The molecule has 1 aromatic carbocycles. The number of piperidine rings is 1. The molecule has 2 bridgehead atoms. The lowest BCUT2D eigenvalue weighted by molar-refractivity contribution is -0.116. The SMILES string of the molecule is COC1C2CCC(Cc3ccccc3C2)N1C(=O)OC(C)(C)C. The fourth-order valence-electron chi connectivity index (χ4n) is 3.89. The summed E-state index contributed by atoms with van der Waals surface area (Å²) in [5.41, 5.74) is 2.26. The average molecular weight is 317 g/mol. The number of methoxy groups -OCH3 is 1. The molecule has 1 saturated heterocycles. The molecule has 3 unspecified atom stereocenters. The summed E-state index contributed by atoms with van der Waals surface area (Å²) in [6.45, 7) is 5.72. The van der Waals surface area contributed by atoms with Crippen molar-refractivity contribution in [1.29, 1.82) is 0 Å².